The number of hydrogen-bond donors (Lipinski definition) is 1. The van der Waals surface area contributed by atoms with Gasteiger partial charge in [0.2, 0.25) is 0 Å². The van der Waals surface area contributed by atoms with Crippen molar-refractivity contribution in [2.24, 2.45) is 0 Å². The standard InChI is InChI=1S/C20H24O5/c1-22-18-8-7-16(11-19(18)23-2)20(21)15-5-3-14(4-6-15)12-25-17-9-10-24-13-17/h3-8,11,17,20-21H,9-10,12-13H2,1-2H3/t17-,20?/m1/s1. The van der Waals surface area contributed by atoms with Crippen molar-refractivity contribution >= 4 is 0 Å². The van der Waals surface area contributed by atoms with E-state index < -0.39 is 6.10 Å². The molecule has 1 aliphatic rings. The van der Waals surface area contributed by atoms with Gasteiger partial charge >= 0.3 is 0 Å². The molecule has 0 amide bonds. The second-order valence-electron chi connectivity index (χ2n) is 6.06. The van der Waals surface area contributed by atoms with E-state index in [2.05, 4.69) is 0 Å². The van der Waals surface area contributed by atoms with Crippen LogP contribution < -0.4 is 9.47 Å². The van der Waals surface area contributed by atoms with E-state index in [1.807, 2.05) is 30.3 Å². The topological polar surface area (TPSA) is 57.2 Å². The van der Waals surface area contributed by atoms with Crippen molar-refractivity contribution in [2.75, 3.05) is 27.4 Å². The molecule has 1 aliphatic heterocycles. The molecule has 3 rings (SSSR count). The van der Waals surface area contributed by atoms with Crippen molar-refractivity contribution in [1.29, 1.82) is 0 Å². The van der Waals surface area contributed by atoms with Gasteiger partial charge in [0, 0.05) is 6.61 Å². The van der Waals surface area contributed by atoms with Gasteiger partial charge in [-0.3, -0.25) is 0 Å². The quantitative estimate of drug-likeness (QED) is 0.836. The van der Waals surface area contributed by atoms with Gasteiger partial charge in [0.15, 0.2) is 11.5 Å². The summed E-state index contributed by atoms with van der Waals surface area (Å²) in [6, 6.07) is 13.2. The smallest absolute Gasteiger partial charge is 0.161 e. The maximum absolute atomic E-state index is 10.6. The van der Waals surface area contributed by atoms with Crippen molar-refractivity contribution in [1.82, 2.24) is 0 Å². The second-order valence-corrected chi connectivity index (χ2v) is 6.06. The Morgan fingerprint density at radius 2 is 1.76 bits per heavy atom. The summed E-state index contributed by atoms with van der Waals surface area (Å²) in [4.78, 5) is 0. The molecule has 134 valence electrons. The maximum atomic E-state index is 10.6. The van der Waals surface area contributed by atoms with E-state index in [9.17, 15) is 5.11 Å². The lowest BCUT2D eigenvalue weighted by Crippen LogP contribution is -2.11. The average molecular weight is 344 g/mol. The normalized spacial score (nSPS) is 18.1. The van der Waals surface area contributed by atoms with Crippen LogP contribution in [0.25, 0.3) is 0 Å². The monoisotopic (exact) mass is 344 g/mol. The van der Waals surface area contributed by atoms with Gasteiger partial charge in [-0.2, -0.15) is 0 Å². The van der Waals surface area contributed by atoms with E-state index in [1.54, 1.807) is 26.4 Å². The highest BCUT2D eigenvalue weighted by atomic mass is 16.5. The third-order valence-electron chi connectivity index (χ3n) is 4.39. The van der Waals surface area contributed by atoms with Gasteiger partial charge in [0.1, 0.15) is 6.10 Å². The molecule has 2 aromatic rings. The summed E-state index contributed by atoms with van der Waals surface area (Å²) < 4.78 is 21.6. The molecule has 1 saturated heterocycles. The zero-order valence-corrected chi connectivity index (χ0v) is 14.6. The van der Waals surface area contributed by atoms with E-state index in [0.717, 1.165) is 29.7 Å². The fourth-order valence-electron chi connectivity index (χ4n) is 2.87. The molecule has 2 aromatic carbocycles. The zero-order chi connectivity index (χ0) is 17.6. The zero-order valence-electron chi connectivity index (χ0n) is 14.6. The number of ether oxygens (including phenoxy) is 4. The summed E-state index contributed by atoms with van der Waals surface area (Å²) in [5, 5.41) is 10.6. The second kappa shape index (κ2) is 8.34. The van der Waals surface area contributed by atoms with Crippen LogP contribution in [0.3, 0.4) is 0 Å². The minimum absolute atomic E-state index is 0.192. The lowest BCUT2D eigenvalue weighted by atomic mass is 10.00. The highest BCUT2D eigenvalue weighted by molar-refractivity contribution is 5.45. The van der Waals surface area contributed by atoms with E-state index in [-0.39, 0.29) is 6.10 Å². The molecule has 2 atom stereocenters. The minimum atomic E-state index is -0.724. The van der Waals surface area contributed by atoms with Gasteiger partial charge in [0.05, 0.1) is 33.5 Å². The Balaban J connectivity index is 1.66. The van der Waals surface area contributed by atoms with Crippen LogP contribution in [-0.2, 0) is 16.1 Å². The predicted molar refractivity (Wildman–Crippen MR) is 94.1 cm³/mol. The third kappa shape index (κ3) is 4.31. The lowest BCUT2D eigenvalue weighted by molar-refractivity contribution is 0.0317. The summed E-state index contributed by atoms with van der Waals surface area (Å²) in [5.74, 6) is 1.24. The molecule has 0 bridgehead atoms. The Bertz CT molecular complexity index is 677. The molecule has 1 fully saturated rings. The number of benzene rings is 2. The number of hydrogen-bond acceptors (Lipinski definition) is 5. The predicted octanol–water partition coefficient (Wildman–Crippen LogP) is 3.09. The van der Waals surface area contributed by atoms with Gasteiger partial charge in [-0.05, 0) is 35.2 Å². The van der Waals surface area contributed by atoms with Crippen LogP contribution in [0, 0.1) is 0 Å². The largest absolute Gasteiger partial charge is 0.493 e. The molecule has 1 unspecified atom stereocenters. The molecule has 0 aliphatic carbocycles. The first-order valence-electron chi connectivity index (χ1n) is 8.39. The molecule has 0 saturated carbocycles. The highest BCUT2D eigenvalue weighted by Crippen LogP contribution is 2.32. The Morgan fingerprint density at radius 1 is 1.04 bits per heavy atom. The molecule has 1 heterocycles. The van der Waals surface area contributed by atoms with Crippen LogP contribution in [-0.4, -0.2) is 38.6 Å². The summed E-state index contributed by atoms with van der Waals surface area (Å²) in [5.41, 5.74) is 2.65. The van der Waals surface area contributed by atoms with Gasteiger partial charge in [-0.1, -0.05) is 30.3 Å². The van der Waals surface area contributed by atoms with Crippen LogP contribution in [0.4, 0.5) is 0 Å². The first-order chi connectivity index (χ1) is 12.2. The molecule has 0 radical (unpaired) electrons. The van der Waals surface area contributed by atoms with Crippen LogP contribution >= 0.6 is 0 Å². The van der Waals surface area contributed by atoms with Gasteiger partial charge < -0.3 is 24.1 Å². The van der Waals surface area contributed by atoms with Crippen LogP contribution in [0.1, 0.15) is 29.2 Å². The fraction of sp³-hybridized carbons (Fsp3) is 0.400. The molecular formula is C20H24O5. The van der Waals surface area contributed by atoms with Crippen molar-refractivity contribution < 1.29 is 24.1 Å². The SMILES string of the molecule is COc1ccc(C(O)c2ccc(CO[C@@H]3CCOC3)cc2)cc1OC. The van der Waals surface area contributed by atoms with Crippen molar-refractivity contribution in [3.63, 3.8) is 0 Å². The van der Waals surface area contributed by atoms with Crippen molar-refractivity contribution in [3.8, 4) is 11.5 Å². The molecule has 25 heavy (non-hydrogen) atoms. The summed E-state index contributed by atoms with van der Waals surface area (Å²) in [7, 11) is 3.17. The Hall–Kier alpha value is -2.08. The summed E-state index contributed by atoms with van der Waals surface area (Å²) >= 11 is 0. The Labute approximate surface area is 148 Å². The maximum Gasteiger partial charge on any atom is 0.161 e. The Morgan fingerprint density at radius 3 is 2.40 bits per heavy atom. The fourth-order valence-corrected chi connectivity index (χ4v) is 2.87. The highest BCUT2D eigenvalue weighted by Gasteiger charge is 2.16. The van der Waals surface area contributed by atoms with Crippen molar-refractivity contribution in [3.05, 3.63) is 59.2 Å². The summed E-state index contributed by atoms with van der Waals surface area (Å²) in [6.07, 6.45) is 0.422. The lowest BCUT2D eigenvalue weighted by Gasteiger charge is -2.15. The van der Waals surface area contributed by atoms with E-state index in [0.29, 0.717) is 24.7 Å². The van der Waals surface area contributed by atoms with Crippen molar-refractivity contribution in [2.45, 2.75) is 25.2 Å². The summed E-state index contributed by atoms with van der Waals surface area (Å²) in [6.45, 7) is 2.01. The number of aliphatic hydroxyl groups excluding tert-OH is 1. The molecular weight excluding hydrogens is 320 g/mol. The van der Waals surface area contributed by atoms with Gasteiger partial charge in [-0.15, -0.1) is 0 Å². The van der Waals surface area contributed by atoms with Crippen LogP contribution in [0.2, 0.25) is 0 Å². The molecule has 5 heteroatoms. The molecule has 0 spiro atoms. The number of methoxy groups -OCH3 is 2. The van der Waals surface area contributed by atoms with E-state index in [1.165, 1.54) is 0 Å². The number of rotatable bonds is 7. The average Bonchev–Trinajstić information content (AvgIpc) is 3.19. The van der Waals surface area contributed by atoms with E-state index in [4.69, 9.17) is 18.9 Å². The molecule has 0 aromatic heterocycles. The first-order valence-corrected chi connectivity index (χ1v) is 8.39. The molecule has 5 nitrogen and oxygen atoms in total. The van der Waals surface area contributed by atoms with Crippen LogP contribution in [0.15, 0.2) is 42.5 Å². The van der Waals surface area contributed by atoms with Gasteiger partial charge in [0.25, 0.3) is 0 Å². The molecule has 1 N–H and O–H groups in total. The number of aliphatic hydroxyl groups is 1. The third-order valence-corrected chi connectivity index (χ3v) is 4.39. The Kier molecular flexibility index (Phi) is 5.91. The van der Waals surface area contributed by atoms with Crippen LogP contribution in [0.5, 0.6) is 11.5 Å². The minimum Gasteiger partial charge on any atom is -0.493 e. The van der Waals surface area contributed by atoms with E-state index >= 15 is 0 Å². The van der Waals surface area contributed by atoms with Gasteiger partial charge in [-0.25, -0.2) is 0 Å². The first kappa shape index (κ1) is 17.7.